The SMILES string of the molecule is OCC(CO)(CCCC1CCCO1)c1cccc(F)c1. The lowest BCUT2D eigenvalue weighted by atomic mass is 9.77. The molecule has 2 rings (SSSR count). The number of benzene rings is 1. The Hall–Kier alpha value is -0.970. The number of hydrogen-bond donors (Lipinski definition) is 2. The first kappa shape index (κ1) is 15.4. The zero-order valence-electron chi connectivity index (χ0n) is 11.7. The molecule has 1 atom stereocenters. The van der Waals surface area contributed by atoms with Crippen molar-refractivity contribution in [3.05, 3.63) is 35.6 Å². The van der Waals surface area contributed by atoms with Crippen LogP contribution in [0.2, 0.25) is 0 Å². The Labute approximate surface area is 119 Å². The fourth-order valence-corrected chi connectivity index (χ4v) is 2.89. The molecule has 0 saturated carbocycles. The van der Waals surface area contributed by atoms with Crippen molar-refractivity contribution in [3.63, 3.8) is 0 Å². The van der Waals surface area contributed by atoms with Gasteiger partial charge in [0.1, 0.15) is 5.82 Å². The van der Waals surface area contributed by atoms with Gasteiger partial charge >= 0.3 is 0 Å². The molecule has 3 nitrogen and oxygen atoms in total. The molecule has 2 N–H and O–H groups in total. The standard InChI is InChI=1S/C16H23FO3/c17-14-5-1-4-13(10-14)16(11-18,12-19)8-2-6-15-7-3-9-20-15/h1,4-5,10,15,18-19H,2-3,6-9,11-12H2. The Bertz CT molecular complexity index is 412. The van der Waals surface area contributed by atoms with Crippen molar-refractivity contribution in [1.29, 1.82) is 0 Å². The summed E-state index contributed by atoms with van der Waals surface area (Å²) in [6, 6.07) is 6.15. The maximum atomic E-state index is 13.4. The van der Waals surface area contributed by atoms with Crippen LogP contribution in [0.25, 0.3) is 0 Å². The number of aliphatic hydroxyl groups excluding tert-OH is 2. The van der Waals surface area contributed by atoms with E-state index in [9.17, 15) is 14.6 Å². The first-order valence-corrected chi connectivity index (χ1v) is 7.29. The second kappa shape index (κ2) is 7.16. The molecular formula is C16H23FO3. The predicted molar refractivity (Wildman–Crippen MR) is 75.1 cm³/mol. The van der Waals surface area contributed by atoms with Crippen LogP contribution in [0.5, 0.6) is 0 Å². The first-order valence-electron chi connectivity index (χ1n) is 7.29. The molecule has 0 aromatic heterocycles. The highest BCUT2D eigenvalue weighted by Gasteiger charge is 2.31. The van der Waals surface area contributed by atoms with E-state index in [0.717, 1.165) is 32.3 Å². The fourth-order valence-electron chi connectivity index (χ4n) is 2.89. The highest BCUT2D eigenvalue weighted by atomic mass is 19.1. The maximum absolute atomic E-state index is 13.4. The van der Waals surface area contributed by atoms with E-state index < -0.39 is 5.41 Å². The predicted octanol–water partition coefficient (Wildman–Crippen LogP) is 2.40. The largest absolute Gasteiger partial charge is 0.395 e. The van der Waals surface area contributed by atoms with Crippen molar-refractivity contribution in [1.82, 2.24) is 0 Å². The molecule has 0 aliphatic carbocycles. The first-order chi connectivity index (χ1) is 9.70. The Balaban J connectivity index is 2.00. The highest BCUT2D eigenvalue weighted by molar-refractivity contribution is 5.26. The number of halogens is 1. The van der Waals surface area contributed by atoms with Crippen molar-refractivity contribution >= 4 is 0 Å². The van der Waals surface area contributed by atoms with E-state index in [4.69, 9.17) is 4.74 Å². The Morgan fingerprint density at radius 1 is 1.30 bits per heavy atom. The summed E-state index contributed by atoms with van der Waals surface area (Å²) in [6.07, 6.45) is 4.91. The van der Waals surface area contributed by atoms with E-state index in [-0.39, 0.29) is 19.0 Å². The number of rotatable bonds is 7. The van der Waals surface area contributed by atoms with Gasteiger partial charge in [0, 0.05) is 12.0 Å². The highest BCUT2D eigenvalue weighted by Crippen LogP contribution is 2.31. The van der Waals surface area contributed by atoms with Crippen LogP contribution in [-0.4, -0.2) is 36.1 Å². The summed E-state index contributed by atoms with van der Waals surface area (Å²) < 4.78 is 18.9. The lowest BCUT2D eigenvalue weighted by molar-refractivity contribution is 0.0840. The van der Waals surface area contributed by atoms with E-state index in [2.05, 4.69) is 0 Å². The van der Waals surface area contributed by atoms with Crippen molar-refractivity contribution in [2.24, 2.45) is 0 Å². The van der Waals surface area contributed by atoms with Crippen LogP contribution in [0.1, 0.15) is 37.7 Å². The van der Waals surface area contributed by atoms with Gasteiger partial charge in [-0.3, -0.25) is 0 Å². The monoisotopic (exact) mass is 282 g/mol. The van der Waals surface area contributed by atoms with Gasteiger partial charge in [0.15, 0.2) is 0 Å². The van der Waals surface area contributed by atoms with E-state index in [1.165, 1.54) is 12.1 Å². The van der Waals surface area contributed by atoms with Crippen LogP contribution in [-0.2, 0) is 10.2 Å². The van der Waals surface area contributed by atoms with Crippen molar-refractivity contribution in [2.75, 3.05) is 19.8 Å². The van der Waals surface area contributed by atoms with Gasteiger partial charge in [0.05, 0.1) is 19.3 Å². The van der Waals surface area contributed by atoms with Crippen LogP contribution in [0, 0.1) is 5.82 Å². The van der Waals surface area contributed by atoms with Gasteiger partial charge in [-0.05, 0) is 49.8 Å². The summed E-state index contributed by atoms with van der Waals surface area (Å²) in [5.74, 6) is -0.340. The molecule has 112 valence electrons. The molecule has 0 spiro atoms. The van der Waals surface area contributed by atoms with Crippen molar-refractivity contribution < 1.29 is 19.3 Å². The topological polar surface area (TPSA) is 49.7 Å². The Kier molecular flexibility index (Phi) is 5.52. The molecule has 1 unspecified atom stereocenters. The van der Waals surface area contributed by atoms with Crippen LogP contribution in [0.15, 0.2) is 24.3 Å². The number of ether oxygens (including phenoxy) is 1. The minimum absolute atomic E-state index is 0.182. The third-order valence-electron chi connectivity index (χ3n) is 4.25. The Morgan fingerprint density at radius 3 is 2.70 bits per heavy atom. The zero-order valence-corrected chi connectivity index (χ0v) is 11.7. The molecule has 1 aromatic carbocycles. The molecule has 1 aliphatic rings. The maximum Gasteiger partial charge on any atom is 0.123 e. The van der Waals surface area contributed by atoms with Gasteiger partial charge in [-0.2, -0.15) is 0 Å². The van der Waals surface area contributed by atoms with Crippen LogP contribution in [0.4, 0.5) is 4.39 Å². The molecule has 1 fully saturated rings. The van der Waals surface area contributed by atoms with Gasteiger partial charge in [-0.25, -0.2) is 4.39 Å². The lowest BCUT2D eigenvalue weighted by Gasteiger charge is -2.31. The molecule has 0 amide bonds. The zero-order chi connectivity index (χ0) is 14.4. The van der Waals surface area contributed by atoms with Crippen LogP contribution < -0.4 is 0 Å². The van der Waals surface area contributed by atoms with Gasteiger partial charge in [0.25, 0.3) is 0 Å². The summed E-state index contributed by atoms with van der Waals surface area (Å²) in [7, 11) is 0. The molecule has 1 aromatic rings. The molecule has 4 heteroatoms. The molecule has 1 saturated heterocycles. The van der Waals surface area contributed by atoms with E-state index in [1.807, 2.05) is 0 Å². The smallest absolute Gasteiger partial charge is 0.123 e. The molecule has 0 radical (unpaired) electrons. The van der Waals surface area contributed by atoms with Crippen LogP contribution in [0.3, 0.4) is 0 Å². The summed E-state index contributed by atoms with van der Waals surface area (Å²) in [6.45, 7) is 0.469. The molecule has 0 bridgehead atoms. The summed E-state index contributed by atoms with van der Waals surface area (Å²) in [4.78, 5) is 0. The minimum atomic E-state index is -0.763. The van der Waals surface area contributed by atoms with Crippen LogP contribution >= 0.6 is 0 Å². The average Bonchev–Trinajstić information content (AvgIpc) is 2.97. The van der Waals surface area contributed by atoms with E-state index >= 15 is 0 Å². The van der Waals surface area contributed by atoms with Gasteiger partial charge in [-0.1, -0.05) is 12.1 Å². The van der Waals surface area contributed by atoms with E-state index in [1.54, 1.807) is 12.1 Å². The quantitative estimate of drug-likeness (QED) is 0.807. The second-order valence-electron chi connectivity index (χ2n) is 5.63. The fraction of sp³-hybridized carbons (Fsp3) is 0.625. The molecule has 20 heavy (non-hydrogen) atoms. The van der Waals surface area contributed by atoms with E-state index in [0.29, 0.717) is 18.1 Å². The van der Waals surface area contributed by atoms with Gasteiger partial charge < -0.3 is 14.9 Å². The Morgan fingerprint density at radius 2 is 2.10 bits per heavy atom. The third kappa shape index (κ3) is 3.57. The lowest BCUT2D eigenvalue weighted by Crippen LogP contribution is -2.35. The minimum Gasteiger partial charge on any atom is -0.395 e. The summed E-state index contributed by atoms with van der Waals surface area (Å²) >= 11 is 0. The number of aliphatic hydroxyl groups is 2. The van der Waals surface area contributed by atoms with Gasteiger partial charge in [-0.15, -0.1) is 0 Å². The summed E-state index contributed by atoms with van der Waals surface area (Å²) in [5.41, 5.74) is -0.101. The number of hydrogen-bond acceptors (Lipinski definition) is 3. The van der Waals surface area contributed by atoms with Gasteiger partial charge in [0.2, 0.25) is 0 Å². The molecule has 1 aliphatic heterocycles. The van der Waals surface area contributed by atoms with Crippen molar-refractivity contribution in [2.45, 2.75) is 43.6 Å². The summed E-state index contributed by atoms with van der Waals surface area (Å²) in [5, 5.41) is 19.4. The normalized spacial score (nSPS) is 19.4. The average molecular weight is 282 g/mol. The molecule has 1 heterocycles. The molecular weight excluding hydrogens is 259 g/mol. The second-order valence-corrected chi connectivity index (χ2v) is 5.63. The van der Waals surface area contributed by atoms with Crippen molar-refractivity contribution in [3.8, 4) is 0 Å². The third-order valence-corrected chi connectivity index (χ3v) is 4.25.